The molecule has 0 atom stereocenters. The van der Waals surface area contributed by atoms with Gasteiger partial charge in [-0.05, 0) is 42.8 Å². The van der Waals surface area contributed by atoms with Crippen molar-refractivity contribution in [3.63, 3.8) is 0 Å². The van der Waals surface area contributed by atoms with Crippen molar-refractivity contribution < 1.29 is 14.3 Å². The van der Waals surface area contributed by atoms with Crippen LogP contribution in [0.5, 0.6) is 5.75 Å². The molecule has 2 aromatic carbocycles. The molecule has 2 amide bonds. The zero-order chi connectivity index (χ0) is 21.7. The fourth-order valence-corrected chi connectivity index (χ4v) is 3.94. The normalized spacial score (nSPS) is 13.9. The minimum atomic E-state index is -0.332. The van der Waals surface area contributed by atoms with E-state index >= 15 is 0 Å². The number of carbonyl (C=O) groups is 2. The minimum absolute atomic E-state index is 0.206. The van der Waals surface area contributed by atoms with Crippen LogP contribution in [0.3, 0.4) is 0 Å². The number of piperazine rings is 1. The van der Waals surface area contributed by atoms with Crippen molar-refractivity contribution >= 4 is 46.4 Å². The van der Waals surface area contributed by atoms with Gasteiger partial charge in [-0.25, -0.2) is 0 Å². The molecule has 1 N–H and O–H groups in total. The van der Waals surface area contributed by atoms with Gasteiger partial charge in [-0.1, -0.05) is 30.1 Å². The zero-order valence-corrected chi connectivity index (χ0v) is 18.6. The highest BCUT2D eigenvalue weighted by Crippen LogP contribution is 2.31. The molecule has 0 aliphatic carbocycles. The maximum atomic E-state index is 12.7. The summed E-state index contributed by atoms with van der Waals surface area (Å²) >= 11 is 12.5. The Kier molecular flexibility index (Phi) is 7.45. The third kappa shape index (κ3) is 5.18. The summed E-state index contributed by atoms with van der Waals surface area (Å²) in [5, 5.41) is 3.82. The first kappa shape index (κ1) is 22.2. The molecule has 3 rings (SSSR count). The van der Waals surface area contributed by atoms with Gasteiger partial charge in [-0.2, -0.15) is 0 Å². The van der Waals surface area contributed by atoms with Crippen LogP contribution in [0.15, 0.2) is 36.4 Å². The lowest BCUT2D eigenvalue weighted by molar-refractivity contribution is -0.131. The number of methoxy groups -OCH3 is 1. The Balaban J connectivity index is 1.67. The molecule has 160 valence electrons. The Labute approximate surface area is 186 Å². The molecule has 1 fully saturated rings. The number of nitrogens with zero attached hydrogens (tertiary/aromatic N) is 2. The highest BCUT2D eigenvalue weighted by atomic mass is 35.5. The van der Waals surface area contributed by atoms with E-state index in [9.17, 15) is 9.59 Å². The van der Waals surface area contributed by atoms with Gasteiger partial charge < -0.3 is 19.9 Å². The average molecular weight is 450 g/mol. The van der Waals surface area contributed by atoms with Gasteiger partial charge in [0.2, 0.25) is 5.91 Å². The lowest BCUT2D eigenvalue weighted by Gasteiger charge is -2.36. The van der Waals surface area contributed by atoms with E-state index in [2.05, 4.69) is 10.2 Å². The lowest BCUT2D eigenvalue weighted by Crippen LogP contribution is -2.48. The Morgan fingerprint density at radius 3 is 2.43 bits per heavy atom. The van der Waals surface area contributed by atoms with Crippen LogP contribution in [0.4, 0.5) is 11.4 Å². The molecule has 1 aliphatic heterocycles. The number of hydrogen-bond acceptors (Lipinski definition) is 4. The number of benzene rings is 2. The maximum absolute atomic E-state index is 12.7. The van der Waals surface area contributed by atoms with Crippen LogP contribution >= 0.6 is 23.2 Å². The van der Waals surface area contributed by atoms with Gasteiger partial charge in [0.05, 0.1) is 23.4 Å². The van der Waals surface area contributed by atoms with E-state index < -0.39 is 0 Å². The molecule has 0 aromatic heterocycles. The summed E-state index contributed by atoms with van der Waals surface area (Å²) < 4.78 is 5.24. The van der Waals surface area contributed by atoms with Gasteiger partial charge >= 0.3 is 0 Å². The number of hydrogen-bond donors (Lipinski definition) is 1. The minimum Gasteiger partial charge on any atom is -0.496 e. The molecular weight excluding hydrogens is 425 g/mol. The van der Waals surface area contributed by atoms with Crippen molar-refractivity contribution in [2.24, 2.45) is 0 Å². The van der Waals surface area contributed by atoms with E-state index in [0.29, 0.717) is 46.6 Å². The van der Waals surface area contributed by atoms with E-state index in [1.165, 1.54) is 7.11 Å². The van der Waals surface area contributed by atoms with E-state index in [4.69, 9.17) is 27.9 Å². The molecule has 1 aliphatic rings. The van der Waals surface area contributed by atoms with Gasteiger partial charge in [0.15, 0.2) is 0 Å². The SMILES string of the molecule is CCCC(=O)N1CCN(c2ccc(NC(=O)c3cc(Cl)ccc3OC)cc2Cl)CC1. The van der Waals surface area contributed by atoms with Crippen LogP contribution < -0.4 is 15.0 Å². The molecule has 8 heteroatoms. The van der Waals surface area contributed by atoms with Crippen LogP contribution in [0.25, 0.3) is 0 Å². The Bertz CT molecular complexity index is 928. The highest BCUT2D eigenvalue weighted by molar-refractivity contribution is 6.33. The summed E-state index contributed by atoms with van der Waals surface area (Å²) in [6.07, 6.45) is 1.45. The van der Waals surface area contributed by atoms with E-state index in [1.807, 2.05) is 24.0 Å². The lowest BCUT2D eigenvalue weighted by atomic mass is 10.1. The second-order valence-electron chi connectivity index (χ2n) is 7.08. The van der Waals surface area contributed by atoms with Crippen molar-refractivity contribution in [3.05, 3.63) is 52.0 Å². The monoisotopic (exact) mass is 449 g/mol. The number of anilines is 2. The molecule has 0 unspecified atom stereocenters. The molecular formula is C22H25Cl2N3O3. The van der Waals surface area contributed by atoms with Gasteiger partial charge in [-0.3, -0.25) is 9.59 Å². The van der Waals surface area contributed by atoms with Gasteiger partial charge in [-0.15, -0.1) is 0 Å². The van der Waals surface area contributed by atoms with Crippen molar-refractivity contribution in [2.45, 2.75) is 19.8 Å². The predicted octanol–water partition coefficient (Wildman–Crippen LogP) is 4.70. The van der Waals surface area contributed by atoms with Gasteiger partial charge in [0.25, 0.3) is 5.91 Å². The van der Waals surface area contributed by atoms with Crippen LogP contribution in [0, 0.1) is 0 Å². The topological polar surface area (TPSA) is 61.9 Å². The third-order valence-electron chi connectivity index (χ3n) is 5.05. The van der Waals surface area contributed by atoms with E-state index in [1.54, 1.807) is 24.3 Å². The molecule has 0 bridgehead atoms. The van der Waals surface area contributed by atoms with Gasteiger partial charge in [0, 0.05) is 43.3 Å². The molecule has 2 aromatic rings. The van der Waals surface area contributed by atoms with Gasteiger partial charge in [0.1, 0.15) is 5.75 Å². The Morgan fingerprint density at radius 2 is 1.80 bits per heavy atom. The summed E-state index contributed by atoms with van der Waals surface area (Å²) in [6, 6.07) is 10.3. The molecule has 30 heavy (non-hydrogen) atoms. The van der Waals surface area contributed by atoms with Crippen LogP contribution in [-0.4, -0.2) is 50.0 Å². The second-order valence-corrected chi connectivity index (χ2v) is 7.93. The summed E-state index contributed by atoms with van der Waals surface area (Å²) in [5.74, 6) is 0.314. The fraction of sp³-hybridized carbons (Fsp3) is 0.364. The van der Waals surface area contributed by atoms with Crippen molar-refractivity contribution in [1.82, 2.24) is 4.90 Å². The van der Waals surface area contributed by atoms with Crippen molar-refractivity contribution in [2.75, 3.05) is 43.5 Å². The number of rotatable bonds is 6. The zero-order valence-electron chi connectivity index (χ0n) is 17.1. The smallest absolute Gasteiger partial charge is 0.259 e. The number of ether oxygens (including phenoxy) is 1. The van der Waals surface area contributed by atoms with E-state index in [-0.39, 0.29) is 11.8 Å². The average Bonchev–Trinajstić information content (AvgIpc) is 2.74. The van der Waals surface area contributed by atoms with E-state index in [0.717, 1.165) is 25.2 Å². The summed E-state index contributed by atoms with van der Waals surface area (Å²) in [6.45, 7) is 4.82. The predicted molar refractivity (Wildman–Crippen MR) is 121 cm³/mol. The maximum Gasteiger partial charge on any atom is 0.259 e. The quantitative estimate of drug-likeness (QED) is 0.693. The summed E-state index contributed by atoms with van der Waals surface area (Å²) in [7, 11) is 1.50. The Hall–Kier alpha value is -2.44. The first-order valence-electron chi connectivity index (χ1n) is 9.90. The standard InChI is InChI=1S/C22H25Cl2N3O3/c1-3-4-21(28)27-11-9-26(10-12-27)19-7-6-16(14-18(19)24)25-22(29)17-13-15(23)5-8-20(17)30-2/h5-8,13-14H,3-4,9-12H2,1-2H3,(H,25,29). The van der Waals surface area contributed by atoms with Crippen LogP contribution in [0.1, 0.15) is 30.1 Å². The molecule has 1 heterocycles. The van der Waals surface area contributed by atoms with Crippen molar-refractivity contribution in [3.8, 4) is 5.75 Å². The second kappa shape index (κ2) is 10.0. The summed E-state index contributed by atoms with van der Waals surface area (Å²) in [5.41, 5.74) is 1.81. The van der Waals surface area contributed by atoms with Crippen LogP contribution in [-0.2, 0) is 4.79 Å². The fourth-order valence-electron chi connectivity index (χ4n) is 3.47. The molecule has 0 radical (unpaired) electrons. The third-order valence-corrected chi connectivity index (χ3v) is 5.59. The largest absolute Gasteiger partial charge is 0.496 e. The number of halogens is 2. The summed E-state index contributed by atoms with van der Waals surface area (Å²) in [4.78, 5) is 28.8. The molecule has 1 saturated heterocycles. The van der Waals surface area contributed by atoms with Crippen LogP contribution in [0.2, 0.25) is 10.0 Å². The molecule has 0 saturated carbocycles. The molecule has 0 spiro atoms. The Morgan fingerprint density at radius 1 is 1.07 bits per heavy atom. The molecule has 6 nitrogen and oxygen atoms in total. The number of amides is 2. The first-order chi connectivity index (χ1) is 14.4. The van der Waals surface area contributed by atoms with Crippen molar-refractivity contribution in [1.29, 1.82) is 0 Å². The first-order valence-corrected chi connectivity index (χ1v) is 10.7. The number of carbonyl (C=O) groups excluding carboxylic acids is 2. The highest BCUT2D eigenvalue weighted by Gasteiger charge is 2.22. The number of nitrogens with one attached hydrogen (secondary N) is 1.